The van der Waals surface area contributed by atoms with Gasteiger partial charge < -0.3 is 10.5 Å². The maximum absolute atomic E-state index is 5.76. The van der Waals surface area contributed by atoms with Gasteiger partial charge in [0.05, 0.1) is 17.7 Å². The molecule has 0 amide bonds. The summed E-state index contributed by atoms with van der Waals surface area (Å²) in [5, 5.41) is 0.552. The van der Waals surface area contributed by atoms with E-state index >= 15 is 0 Å². The Balaban J connectivity index is 2.16. The van der Waals surface area contributed by atoms with E-state index in [1.165, 1.54) is 5.54 Å². The normalized spacial score (nSPS) is 30.5. The van der Waals surface area contributed by atoms with Gasteiger partial charge in [-0.15, -0.1) is 0 Å². The standard InChI is InChI=1S/C9H15Cl2NO/c10-5-7(11)6-13-9-3-1-8(12)2-4-9/h5,8-9H,1-4,6,12H2. The van der Waals surface area contributed by atoms with E-state index in [0.717, 1.165) is 25.7 Å². The van der Waals surface area contributed by atoms with Crippen LogP contribution in [-0.2, 0) is 4.74 Å². The summed E-state index contributed by atoms with van der Waals surface area (Å²) in [7, 11) is 0. The third kappa shape index (κ3) is 4.32. The van der Waals surface area contributed by atoms with E-state index in [4.69, 9.17) is 33.7 Å². The van der Waals surface area contributed by atoms with Gasteiger partial charge in [0, 0.05) is 11.6 Å². The first-order chi connectivity index (χ1) is 6.22. The number of nitrogens with two attached hydrogens (primary N) is 1. The average Bonchev–Trinajstić information content (AvgIpc) is 2.16. The van der Waals surface area contributed by atoms with Crippen molar-refractivity contribution in [1.82, 2.24) is 0 Å². The highest BCUT2D eigenvalue weighted by atomic mass is 35.5. The van der Waals surface area contributed by atoms with Gasteiger partial charge in [0.25, 0.3) is 0 Å². The van der Waals surface area contributed by atoms with Crippen molar-refractivity contribution >= 4 is 23.2 Å². The Morgan fingerprint density at radius 1 is 1.38 bits per heavy atom. The molecule has 76 valence electrons. The van der Waals surface area contributed by atoms with Gasteiger partial charge in [-0.05, 0) is 25.7 Å². The maximum atomic E-state index is 5.76. The SMILES string of the molecule is NC1CCC(OCC(Cl)=CCl)CC1. The van der Waals surface area contributed by atoms with Gasteiger partial charge in [0.15, 0.2) is 0 Å². The van der Waals surface area contributed by atoms with Crippen molar-refractivity contribution in [2.75, 3.05) is 6.61 Å². The van der Waals surface area contributed by atoms with Crippen LogP contribution in [0.5, 0.6) is 0 Å². The molecule has 0 aromatic rings. The van der Waals surface area contributed by atoms with E-state index in [1.54, 1.807) is 0 Å². The Morgan fingerprint density at radius 3 is 2.54 bits per heavy atom. The molecule has 0 saturated heterocycles. The highest BCUT2D eigenvalue weighted by Crippen LogP contribution is 2.20. The van der Waals surface area contributed by atoms with Crippen LogP contribution in [0.4, 0.5) is 0 Å². The van der Waals surface area contributed by atoms with Crippen LogP contribution in [0.15, 0.2) is 10.6 Å². The minimum Gasteiger partial charge on any atom is -0.373 e. The van der Waals surface area contributed by atoms with E-state index < -0.39 is 0 Å². The van der Waals surface area contributed by atoms with Gasteiger partial charge >= 0.3 is 0 Å². The Hall–Kier alpha value is 0.240. The first-order valence-corrected chi connectivity index (χ1v) is 5.35. The van der Waals surface area contributed by atoms with Crippen LogP contribution >= 0.6 is 23.2 Å². The Labute approximate surface area is 89.0 Å². The summed E-state index contributed by atoms with van der Waals surface area (Å²) >= 11 is 11.1. The van der Waals surface area contributed by atoms with E-state index in [0.29, 0.717) is 23.8 Å². The van der Waals surface area contributed by atoms with Gasteiger partial charge in [0.2, 0.25) is 0 Å². The van der Waals surface area contributed by atoms with Crippen LogP contribution in [0, 0.1) is 0 Å². The summed E-state index contributed by atoms with van der Waals surface area (Å²) in [6.07, 6.45) is 4.48. The number of halogens is 2. The minimum absolute atomic E-state index is 0.310. The van der Waals surface area contributed by atoms with Gasteiger partial charge in [0.1, 0.15) is 0 Å². The number of rotatable bonds is 3. The van der Waals surface area contributed by atoms with E-state index in [-0.39, 0.29) is 0 Å². The summed E-state index contributed by atoms with van der Waals surface area (Å²) in [5.41, 5.74) is 7.11. The number of hydrogen-bond donors (Lipinski definition) is 1. The van der Waals surface area contributed by atoms with Crippen LogP contribution in [0.1, 0.15) is 25.7 Å². The fourth-order valence-electron chi connectivity index (χ4n) is 1.48. The van der Waals surface area contributed by atoms with Crippen LogP contribution < -0.4 is 5.73 Å². The highest BCUT2D eigenvalue weighted by molar-refractivity contribution is 6.36. The van der Waals surface area contributed by atoms with Crippen molar-refractivity contribution in [3.8, 4) is 0 Å². The first-order valence-electron chi connectivity index (χ1n) is 4.54. The van der Waals surface area contributed by atoms with Crippen molar-refractivity contribution in [2.45, 2.75) is 37.8 Å². The van der Waals surface area contributed by atoms with Crippen LogP contribution in [0.25, 0.3) is 0 Å². The molecule has 1 rings (SSSR count). The second-order valence-electron chi connectivity index (χ2n) is 3.40. The quantitative estimate of drug-likeness (QED) is 0.799. The van der Waals surface area contributed by atoms with Crippen LogP contribution in [0.3, 0.4) is 0 Å². The fourth-order valence-corrected chi connectivity index (χ4v) is 1.61. The lowest BCUT2D eigenvalue weighted by molar-refractivity contribution is 0.0414. The summed E-state index contributed by atoms with van der Waals surface area (Å²) in [4.78, 5) is 0. The molecule has 0 atom stereocenters. The smallest absolute Gasteiger partial charge is 0.0835 e. The molecule has 1 saturated carbocycles. The third-order valence-corrected chi connectivity index (χ3v) is 2.89. The first kappa shape index (κ1) is 11.3. The second kappa shape index (κ2) is 5.86. The molecule has 0 aromatic heterocycles. The molecule has 1 aliphatic rings. The Bertz CT molecular complexity index is 176. The molecule has 0 spiro atoms. The predicted molar refractivity (Wildman–Crippen MR) is 56.0 cm³/mol. The van der Waals surface area contributed by atoms with Gasteiger partial charge in [-0.2, -0.15) is 0 Å². The molecule has 0 bridgehead atoms. The van der Waals surface area contributed by atoms with E-state index in [9.17, 15) is 0 Å². The van der Waals surface area contributed by atoms with Gasteiger partial charge in [-0.25, -0.2) is 0 Å². The molecule has 0 heterocycles. The zero-order valence-corrected chi connectivity index (χ0v) is 9.02. The number of ether oxygens (including phenoxy) is 1. The molecule has 2 N–H and O–H groups in total. The molecule has 0 aliphatic heterocycles. The monoisotopic (exact) mass is 223 g/mol. The van der Waals surface area contributed by atoms with Gasteiger partial charge in [-0.1, -0.05) is 23.2 Å². The summed E-state index contributed by atoms with van der Waals surface area (Å²) < 4.78 is 5.54. The van der Waals surface area contributed by atoms with Crippen molar-refractivity contribution in [2.24, 2.45) is 5.73 Å². The summed E-state index contributed by atoms with van der Waals surface area (Å²) in [6.45, 7) is 0.422. The lowest BCUT2D eigenvalue weighted by Crippen LogP contribution is -2.30. The third-order valence-electron chi connectivity index (χ3n) is 2.29. The number of hydrogen-bond acceptors (Lipinski definition) is 2. The maximum Gasteiger partial charge on any atom is 0.0835 e. The Morgan fingerprint density at radius 2 is 2.00 bits per heavy atom. The van der Waals surface area contributed by atoms with Crippen LogP contribution in [-0.4, -0.2) is 18.8 Å². The molecular weight excluding hydrogens is 209 g/mol. The molecule has 1 aliphatic carbocycles. The molecular formula is C9H15Cl2NO. The fraction of sp³-hybridized carbons (Fsp3) is 0.778. The topological polar surface area (TPSA) is 35.2 Å². The molecule has 0 radical (unpaired) electrons. The van der Waals surface area contributed by atoms with Gasteiger partial charge in [-0.3, -0.25) is 0 Å². The molecule has 0 unspecified atom stereocenters. The predicted octanol–water partition coefficient (Wildman–Crippen LogP) is 2.59. The van der Waals surface area contributed by atoms with E-state index in [1.807, 2.05) is 0 Å². The van der Waals surface area contributed by atoms with Crippen molar-refractivity contribution in [3.05, 3.63) is 10.6 Å². The summed E-state index contributed by atoms with van der Waals surface area (Å²) in [5.74, 6) is 0. The van der Waals surface area contributed by atoms with Crippen molar-refractivity contribution < 1.29 is 4.74 Å². The lowest BCUT2D eigenvalue weighted by atomic mass is 9.94. The molecule has 2 nitrogen and oxygen atoms in total. The lowest BCUT2D eigenvalue weighted by Gasteiger charge is -2.25. The zero-order chi connectivity index (χ0) is 9.68. The zero-order valence-electron chi connectivity index (χ0n) is 7.51. The van der Waals surface area contributed by atoms with Crippen molar-refractivity contribution in [3.63, 3.8) is 0 Å². The molecule has 1 fully saturated rings. The summed E-state index contributed by atoms with van der Waals surface area (Å²) in [6, 6.07) is 0.360. The molecule has 0 aromatic carbocycles. The van der Waals surface area contributed by atoms with E-state index in [2.05, 4.69) is 0 Å². The largest absolute Gasteiger partial charge is 0.373 e. The molecule has 4 heteroatoms. The van der Waals surface area contributed by atoms with Crippen LogP contribution in [0.2, 0.25) is 0 Å². The molecule has 13 heavy (non-hydrogen) atoms. The second-order valence-corrected chi connectivity index (χ2v) is 4.11. The minimum atomic E-state index is 0.310. The highest BCUT2D eigenvalue weighted by Gasteiger charge is 2.18. The Kier molecular flexibility index (Phi) is 5.10. The average molecular weight is 224 g/mol. The van der Waals surface area contributed by atoms with Crippen molar-refractivity contribution in [1.29, 1.82) is 0 Å².